The van der Waals surface area contributed by atoms with Crippen LogP contribution < -0.4 is 10.5 Å². The van der Waals surface area contributed by atoms with Crippen molar-refractivity contribution < 1.29 is 14.6 Å². The van der Waals surface area contributed by atoms with E-state index in [9.17, 15) is 9.90 Å². The molecule has 1 heterocycles. The number of aromatic carboxylic acids is 1. The van der Waals surface area contributed by atoms with Gasteiger partial charge in [0.15, 0.2) is 0 Å². The standard InChI is InChI=1S/C13H14N2O3/c1-18-11-4-2-3-9-10(13(16)17)7-8(5-6-14)15-12(9)11/h2-4,7H,5-6,14H2,1H3,(H,16,17). The van der Waals surface area contributed by atoms with Gasteiger partial charge in [0.05, 0.1) is 12.7 Å². The van der Waals surface area contributed by atoms with Crippen LogP contribution >= 0.6 is 0 Å². The molecule has 0 atom stereocenters. The van der Waals surface area contributed by atoms with Crippen LogP contribution in [0.3, 0.4) is 0 Å². The fraction of sp³-hybridized carbons (Fsp3) is 0.231. The van der Waals surface area contributed by atoms with Gasteiger partial charge in [0.2, 0.25) is 0 Å². The summed E-state index contributed by atoms with van der Waals surface area (Å²) in [7, 11) is 1.53. The molecule has 5 nitrogen and oxygen atoms in total. The Kier molecular flexibility index (Phi) is 3.43. The summed E-state index contributed by atoms with van der Waals surface area (Å²) < 4.78 is 5.21. The zero-order valence-corrected chi connectivity index (χ0v) is 10.0. The van der Waals surface area contributed by atoms with Gasteiger partial charge in [-0.25, -0.2) is 9.78 Å². The van der Waals surface area contributed by atoms with Crippen LogP contribution in [0.1, 0.15) is 16.1 Å². The largest absolute Gasteiger partial charge is 0.494 e. The average molecular weight is 246 g/mol. The van der Waals surface area contributed by atoms with Crippen LogP contribution in [0.15, 0.2) is 24.3 Å². The minimum Gasteiger partial charge on any atom is -0.494 e. The fourth-order valence-electron chi connectivity index (χ4n) is 1.89. The molecule has 0 aliphatic heterocycles. The average Bonchev–Trinajstić information content (AvgIpc) is 2.37. The lowest BCUT2D eigenvalue weighted by molar-refractivity contribution is 0.0699. The fourth-order valence-corrected chi connectivity index (χ4v) is 1.89. The summed E-state index contributed by atoms with van der Waals surface area (Å²) in [6.45, 7) is 0.423. The monoisotopic (exact) mass is 246 g/mol. The summed E-state index contributed by atoms with van der Waals surface area (Å²) in [5.74, 6) is -0.414. The molecule has 0 aliphatic rings. The van der Waals surface area contributed by atoms with Gasteiger partial charge in [0.25, 0.3) is 0 Å². The molecular weight excluding hydrogens is 232 g/mol. The summed E-state index contributed by atoms with van der Waals surface area (Å²) >= 11 is 0. The number of pyridine rings is 1. The topological polar surface area (TPSA) is 85.4 Å². The van der Waals surface area contributed by atoms with Gasteiger partial charge in [-0.2, -0.15) is 0 Å². The van der Waals surface area contributed by atoms with Crippen molar-refractivity contribution in [2.45, 2.75) is 6.42 Å². The first kappa shape index (κ1) is 12.3. The lowest BCUT2D eigenvalue weighted by Gasteiger charge is -2.09. The summed E-state index contributed by atoms with van der Waals surface area (Å²) in [6, 6.07) is 6.79. The van der Waals surface area contributed by atoms with Crippen molar-refractivity contribution >= 4 is 16.9 Å². The highest BCUT2D eigenvalue weighted by atomic mass is 16.5. The lowest BCUT2D eigenvalue weighted by atomic mass is 10.1. The smallest absolute Gasteiger partial charge is 0.336 e. The molecule has 2 aromatic rings. The zero-order valence-electron chi connectivity index (χ0n) is 10.0. The van der Waals surface area contributed by atoms with E-state index in [2.05, 4.69) is 4.98 Å². The highest BCUT2D eigenvalue weighted by Crippen LogP contribution is 2.27. The summed E-state index contributed by atoms with van der Waals surface area (Å²) in [4.78, 5) is 15.7. The van der Waals surface area contributed by atoms with E-state index in [0.29, 0.717) is 35.3 Å². The third-order valence-electron chi connectivity index (χ3n) is 2.71. The highest BCUT2D eigenvalue weighted by Gasteiger charge is 2.14. The number of ether oxygens (including phenoxy) is 1. The van der Waals surface area contributed by atoms with E-state index >= 15 is 0 Å². The maximum atomic E-state index is 11.3. The van der Waals surface area contributed by atoms with Gasteiger partial charge in [0.1, 0.15) is 11.3 Å². The summed E-state index contributed by atoms with van der Waals surface area (Å²) in [5.41, 5.74) is 6.92. The Balaban J connectivity index is 2.76. The van der Waals surface area contributed by atoms with Crippen LogP contribution in [-0.2, 0) is 6.42 Å². The SMILES string of the molecule is COc1cccc2c(C(=O)O)cc(CCN)nc12. The van der Waals surface area contributed by atoms with Crippen molar-refractivity contribution in [1.29, 1.82) is 0 Å². The summed E-state index contributed by atoms with van der Waals surface area (Å²) in [5, 5.41) is 9.81. The molecule has 2 rings (SSSR count). The van der Waals surface area contributed by atoms with Crippen LogP contribution in [0.4, 0.5) is 0 Å². The Labute approximate surface area is 104 Å². The van der Waals surface area contributed by atoms with Gasteiger partial charge < -0.3 is 15.6 Å². The molecule has 0 bridgehead atoms. The number of hydrogen-bond acceptors (Lipinski definition) is 4. The Hall–Kier alpha value is -2.14. The molecule has 0 aliphatic carbocycles. The molecule has 1 aromatic heterocycles. The van der Waals surface area contributed by atoms with Crippen molar-refractivity contribution in [3.8, 4) is 5.75 Å². The van der Waals surface area contributed by atoms with Gasteiger partial charge in [-0.1, -0.05) is 12.1 Å². The molecule has 0 saturated heterocycles. The molecule has 5 heteroatoms. The third kappa shape index (κ3) is 2.12. The molecule has 18 heavy (non-hydrogen) atoms. The molecule has 0 unspecified atom stereocenters. The Morgan fingerprint density at radius 2 is 2.28 bits per heavy atom. The number of carbonyl (C=O) groups is 1. The predicted octanol–water partition coefficient (Wildman–Crippen LogP) is 1.44. The van der Waals surface area contributed by atoms with E-state index < -0.39 is 5.97 Å². The van der Waals surface area contributed by atoms with E-state index in [4.69, 9.17) is 10.5 Å². The number of fused-ring (bicyclic) bond motifs is 1. The minimum atomic E-state index is -0.978. The van der Waals surface area contributed by atoms with Crippen molar-refractivity contribution in [2.75, 3.05) is 13.7 Å². The second kappa shape index (κ2) is 5.01. The van der Waals surface area contributed by atoms with Crippen LogP contribution in [0.25, 0.3) is 10.9 Å². The van der Waals surface area contributed by atoms with Crippen LogP contribution in [0.5, 0.6) is 5.75 Å². The molecule has 94 valence electrons. The first-order valence-corrected chi connectivity index (χ1v) is 5.57. The van der Waals surface area contributed by atoms with Crippen molar-refractivity contribution in [2.24, 2.45) is 5.73 Å². The van der Waals surface area contributed by atoms with E-state index in [1.807, 2.05) is 0 Å². The molecule has 0 amide bonds. The number of nitrogens with zero attached hydrogens (tertiary/aromatic N) is 1. The molecular formula is C13H14N2O3. The van der Waals surface area contributed by atoms with E-state index in [1.54, 1.807) is 24.3 Å². The quantitative estimate of drug-likeness (QED) is 0.852. The number of methoxy groups -OCH3 is 1. The Bertz CT molecular complexity index is 596. The number of nitrogens with two attached hydrogens (primary N) is 1. The number of carboxylic acids is 1. The maximum absolute atomic E-state index is 11.3. The number of para-hydroxylation sites is 1. The predicted molar refractivity (Wildman–Crippen MR) is 68.0 cm³/mol. The number of aromatic nitrogens is 1. The van der Waals surface area contributed by atoms with E-state index in [0.717, 1.165) is 0 Å². The Morgan fingerprint density at radius 1 is 1.50 bits per heavy atom. The van der Waals surface area contributed by atoms with Gasteiger partial charge in [-0.05, 0) is 18.7 Å². The van der Waals surface area contributed by atoms with E-state index in [-0.39, 0.29) is 5.56 Å². The Morgan fingerprint density at radius 3 is 2.89 bits per heavy atom. The first-order valence-electron chi connectivity index (χ1n) is 5.57. The normalized spacial score (nSPS) is 10.6. The summed E-state index contributed by atoms with van der Waals surface area (Å²) in [6.07, 6.45) is 0.536. The van der Waals surface area contributed by atoms with Gasteiger partial charge in [-0.15, -0.1) is 0 Å². The molecule has 0 saturated carbocycles. The maximum Gasteiger partial charge on any atom is 0.336 e. The second-order valence-electron chi connectivity index (χ2n) is 3.86. The van der Waals surface area contributed by atoms with Crippen LogP contribution in [0, 0.1) is 0 Å². The highest BCUT2D eigenvalue weighted by molar-refractivity contribution is 6.04. The first-order chi connectivity index (χ1) is 8.67. The van der Waals surface area contributed by atoms with Gasteiger partial charge in [-0.3, -0.25) is 0 Å². The van der Waals surface area contributed by atoms with Crippen molar-refractivity contribution in [3.63, 3.8) is 0 Å². The number of hydrogen-bond donors (Lipinski definition) is 2. The lowest BCUT2D eigenvalue weighted by Crippen LogP contribution is -2.07. The van der Waals surface area contributed by atoms with Crippen LogP contribution in [0.2, 0.25) is 0 Å². The third-order valence-corrected chi connectivity index (χ3v) is 2.71. The van der Waals surface area contributed by atoms with Gasteiger partial charge >= 0.3 is 5.97 Å². The molecule has 1 aromatic carbocycles. The zero-order chi connectivity index (χ0) is 13.1. The number of rotatable bonds is 4. The molecule has 0 spiro atoms. The van der Waals surface area contributed by atoms with Crippen molar-refractivity contribution in [3.05, 3.63) is 35.5 Å². The van der Waals surface area contributed by atoms with Gasteiger partial charge in [0, 0.05) is 17.5 Å². The van der Waals surface area contributed by atoms with E-state index in [1.165, 1.54) is 7.11 Å². The van der Waals surface area contributed by atoms with Crippen LogP contribution in [-0.4, -0.2) is 29.7 Å². The molecule has 0 radical (unpaired) electrons. The minimum absolute atomic E-state index is 0.224. The number of carboxylic acid groups (broad SMARTS) is 1. The molecule has 3 N–H and O–H groups in total. The number of benzene rings is 1. The van der Waals surface area contributed by atoms with Crippen molar-refractivity contribution in [1.82, 2.24) is 4.98 Å². The second-order valence-corrected chi connectivity index (χ2v) is 3.86. The molecule has 0 fully saturated rings.